The van der Waals surface area contributed by atoms with Crippen molar-refractivity contribution in [3.63, 3.8) is 0 Å². The predicted octanol–water partition coefficient (Wildman–Crippen LogP) is 4.26. The number of nitrogens with one attached hydrogen (secondary N) is 2. The molecule has 4 rings (SSSR count). The molecule has 1 aliphatic rings. The molecule has 180 valence electrons. The van der Waals surface area contributed by atoms with Crippen LogP contribution in [0.2, 0.25) is 0 Å². The van der Waals surface area contributed by atoms with Crippen LogP contribution in [0.3, 0.4) is 0 Å². The lowest BCUT2D eigenvalue weighted by molar-refractivity contribution is 0.489. The molecule has 3 aromatic rings. The summed E-state index contributed by atoms with van der Waals surface area (Å²) in [6.07, 6.45) is 3.35. The Morgan fingerprint density at radius 2 is 1.44 bits per heavy atom. The van der Waals surface area contributed by atoms with Crippen LogP contribution in [0.5, 0.6) is 0 Å². The second-order valence-corrected chi connectivity index (χ2v) is 14.4. The molecule has 1 saturated carbocycles. The molecule has 0 radical (unpaired) electrons. The van der Waals surface area contributed by atoms with E-state index in [1.165, 1.54) is 10.6 Å². The molecule has 0 bridgehead atoms. The first-order valence-corrected chi connectivity index (χ1v) is 14.4. The zero-order valence-electron chi connectivity index (χ0n) is 20.2. The fourth-order valence-electron chi connectivity index (χ4n) is 4.79. The average molecular weight is 497 g/mol. The Bertz CT molecular complexity index is 1130. The largest absolute Gasteiger partial charge is 0.593 e. The molecule has 0 saturated heterocycles. The standard InChI is InChI=1S/C27H33N2O3PS/c1-18(28-23-24(26(31)25(23)30)29-34(32)27(2,3)4)21-16-11-17-22(21)33(19-12-7-5-8-13-19)20-14-9-6-10-15-20/h5-10,12-15,18,21-22,28-29H,11,16-17H2,1-4H3/t18-,21+,22?,34?/m1/s1. The van der Waals surface area contributed by atoms with E-state index in [2.05, 4.69) is 77.6 Å². The number of rotatable bonds is 8. The summed E-state index contributed by atoms with van der Waals surface area (Å²) in [4.78, 5) is 24.6. The van der Waals surface area contributed by atoms with Crippen molar-refractivity contribution in [3.05, 3.63) is 81.1 Å². The van der Waals surface area contributed by atoms with E-state index < -0.39 is 34.9 Å². The predicted molar refractivity (Wildman–Crippen MR) is 146 cm³/mol. The lowest BCUT2D eigenvalue weighted by Crippen LogP contribution is -2.44. The van der Waals surface area contributed by atoms with Gasteiger partial charge in [0.2, 0.25) is 0 Å². The van der Waals surface area contributed by atoms with Gasteiger partial charge in [-0.25, -0.2) is 4.72 Å². The molecule has 0 amide bonds. The van der Waals surface area contributed by atoms with E-state index in [0.29, 0.717) is 11.6 Å². The molecule has 1 aliphatic carbocycles. The van der Waals surface area contributed by atoms with Gasteiger partial charge in [-0.3, -0.25) is 9.59 Å². The highest BCUT2D eigenvalue weighted by Gasteiger charge is 2.39. The van der Waals surface area contributed by atoms with Gasteiger partial charge >= 0.3 is 0 Å². The summed E-state index contributed by atoms with van der Waals surface area (Å²) >= 11 is -1.47. The van der Waals surface area contributed by atoms with E-state index in [-0.39, 0.29) is 17.4 Å². The van der Waals surface area contributed by atoms with Crippen molar-refractivity contribution in [2.24, 2.45) is 5.92 Å². The first kappa shape index (κ1) is 25.0. The Morgan fingerprint density at radius 1 is 0.912 bits per heavy atom. The van der Waals surface area contributed by atoms with Gasteiger partial charge in [-0.05, 0) is 70.6 Å². The number of hydrogen-bond donors (Lipinski definition) is 2. The number of hydrogen-bond acceptors (Lipinski definition) is 5. The van der Waals surface area contributed by atoms with Gasteiger partial charge in [-0.1, -0.05) is 67.1 Å². The van der Waals surface area contributed by atoms with Crippen LogP contribution in [0, 0.1) is 5.92 Å². The third-order valence-electron chi connectivity index (χ3n) is 6.61. The zero-order valence-corrected chi connectivity index (χ0v) is 21.9. The maximum absolute atomic E-state index is 12.5. The zero-order chi connectivity index (χ0) is 24.5. The van der Waals surface area contributed by atoms with Crippen LogP contribution in [-0.2, 0) is 11.4 Å². The summed E-state index contributed by atoms with van der Waals surface area (Å²) in [6.45, 7) is 7.59. The van der Waals surface area contributed by atoms with Crippen LogP contribution >= 0.6 is 7.92 Å². The first-order chi connectivity index (χ1) is 16.2. The molecule has 7 heteroatoms. The van der Waals surface area contributed by atoms with Gasteiger partial charge in [0.05, 0.1) is 11.4 Å². The molecule has 2 unspecified atom stereocenters. The van der Waals surface area contributed by atoms with Crippen LogP contribution in [0.4, 0.5) is 11.4 Å². The second kappa shape index (κ2) is 10.2. The summed E-state index contributed by atoms with van der Waals surface area (Å²) < 4.78 is 14.8. The molecule has 5 nitrogen and oxygen atoms in total. The highest BCUT2D eigenvalue weighted by molar-refractivity contribution is 7.94. The topological polar surface area (TPSA) is 81.3 Å². The average Bonchev–Trinajstić information content (AvgIpc) is 3.31. The SMILES string of the molecule is C[C@@H](Nc1c(N[S+]([O-])C(C)(C)C)c(=O)c1=O)[C@@H]1CCCC1P(c1ccccc1)c1ccccc1. The fraction of sp³-hybridized carbons (Fsp3) is 0.407. The second-order valence-electron chi connectivity index (χ2n) is 10.0. The van der Waals surface area contributed by atoms with Crippen molar-refractivity contribution in [2.45, 2.75) is 63.4 Å². The number of benzene rings is 2. The van der Waals surface area contributed by atoms with Crippen LogP contribution in [0.25, 0.3) is 0 Å². The highest BCUT2D eigenvalue weighted by Crippen LogP contribution is 2.51. The summed E-state index contributed by atoms with van der Waals surface area (Å²) in [6, 6.07) is 21.5. The minimum Gasteiger partial charge on any atom is -0.593 e. The smallest absolute Gasteiger partial charge is 0.257 e. The third kappa shape index (κ3) is 5.10. The molecule has 3 aromatic carbocycles. The Balaban J connectivity index is 1.59. The summed E-state index contributed by atoms with van der Waals surface area (Å²) in [7, 11) is -0.568. The van der Waals surface area contributed by atoms with Crippen molar-refractivity contribution >= 4 is 41.3 Å². The molecule has 1 fully saturated rings. The molecular weight excluding hydrogens is 463 g/mol. The minimum absolute atomic E-state index is 0.0110. The molecule has 0 aliphatic heterocycles. The van der Waals surface area contributed by atoms with Gasteiger partial charge in [0.15, 0.2) is 5.69 Å². The molecule has 4 atom stereocenters. The van der Waals surface area contributed by atoms with Gasteiger partial charge in [0.25, 0.3) is 10.9 Å². The van der Waals surface area contributed by atoms with Crippen molar-refractivity contribution in [3.8, 4) is 0 Å². The lowest BCUT2D eigenvalue weighted by Gasteiger charge is -2.34. The molecule has 0 aromatic heterocycles. The minimum atomic E-state index is -1.47. The molecule has 34 heavy (non-hydrogen) atoms. The highest BCUT2D eigenvalue weighted by atomic mass is 32.2. The normalized spacial score (nSPS) is 20.4. The van der Waals surface area contributed by atoms with Crippen molar-refractivity contribution in [1.29, 1.82) is 0 Å². The first-order valence-electron chi connectivity index (χ1n) is 11.9. The molecular formula is C27H33N2O3PS. The third-order valence-corrected chi connectivity index (χ3v) is 11.1. The van der Waals surface area contributed by atoms with E-state index in [1.807, 2.05) is 20.8 Å². The molecule has 0 spiro atoms. The van der Waals surface area contributed by atoms with E-state index in [9.17, 15) is 14.1 Å². The van der Waals surface area contributed by atoms with Gasteiger partial charge < -0.3 is 9.87 Å². The van der Waals surface area contributed by atoms with Crippen LogP contribution in [0.1, 0.15) is 47.0 Å². The Labute approximate surface area is 206 Å². The van der Waals surface area contributed by atoms with Gasteiger partial charge in [-0.2, -0.15) is 0 Å². The van der Waals surface area contributed by atoms with Crippen LogP contribution in [0.15, 0.2) is 70.3 Å². The summed E-state index contributed by atoms with van der Waals surface area (Å²) in [5.41, 5.74) is -0.208. The van der Waals surface area contributed by atoms with Crippen molar-refractivity contribution < 1.29 is 4.55 Å². The van der Waals surface area contributed by atoms with Crippen LogP contribution < -0.4 is 31.5 Å². The van der Waals surface area contributed by atoms with Gasteiger partial charge in [0.1, 0.15) is 10.4 Å². The Morgan fingerprint density at radius 3 is 1.97 bits per heavy atom. The van der Waals surface area contributed by atoms with Gasteiger partial charge in [-0.15, -0.1) is 0 Å². The maximum Gasteiger partial charge on any atom is 0.257 e. The quantitative estimate of drug-likeness (QED) is 0.277. The van der Waals surface area contributed by atoms with E-state index in [4.69, 9.17) is 0 Å². The van der Waals surface area contributed by atoms with Crippen molar-refractivity contribution in [1.82, 2.24) is 0 Å². The summed E-state index contributed by atoms with van der Waals surface area (Å²) in [5, 5.41) is 6.09. The van der Waals surface area contributed by atoms with Crippen LogP contribution in [-0.4, -0.2) is 21.0 Å². The van der Waals surface area contributed by atoms with E-state index in [1.54, 1.807) is 0 Å². The number of anilines is 2. The fourth-order valence-corrected chi connectivity index (χ4v) is 8.76. The summed E-state index contributed by atoms with van der Waals surface area (Å²) in [5.74, 6) is 0.358. The molecule has 2 N–H and O–H groups in total. The van der Waals surface area contributed by atoms with Crippen molar-refractivity contribution in [2.75, 3.05) is 10.0 Å². The Hall–Kier alpha value is -2.14. The molecule has 0 heterocycles. The van der Waals surface area contributed by atoms with Gasteiger partial charge in [0, 0.05) is 6.04 Å². The van der Waals surface area contributed by atoms with E-state index >= 15 is 0 Å². The Kier molecular flexibility index (Phi) is 7.51. The maximum atomic E-state index is 12.5. The van der Waals surface area contributed by atoms with E-state index in [0.717, 1.165) is 19.3 Å². The monoisotopic (exact) mass is 496 g/mol. The lowest BCUT2D eigenvalue weighted by atomic mass is 9.98.